The van der Waals surface area contributed by atoms with Gasteiger partial charge in [-0.1, -0.05) is 6.07 Å². The number of pyridine rings is 1. The number of aromatic nitrogens is 1. The van der Waals surface area contributed by atoms with E-state index in [2.05, 4.69) is 0 Å². The molecular formula is C11H9NO3. The van der Waals surface area contributed by atoms with Crippen LogP contribution in [0.1, 0.15) is 10.4 Å². The number of fused-ring (bicyclic) bond motifs is 1. The quantitative estimate of drug-likeness (QED) is 0.703. The van der Waals surface area contributed by atoms with Crippen LogP contribution in [0.2, 0.25) is 0 Å². The third-order valence-electron chi connectivity index (χ3n) is 2.35. The number of rotatable bonds is 1. The van der Waals surface area contributed by atoms with Gasteiger partial charge >= 0.3 is 0 Å². The molecule has 0 aromatic rings. The van der Waals surface area contributed by atoms with E-state index in [-0.39, 0.29) is 22.3 Å². The summed E-state index contributed by atoms with van der Waals surface area (Å²) >= 11 is 0. The summed E-state index contributed by atoms with van der Waals surface area (Å²) in [4.78, 5) is 22.2. The molecule has 0 fully saturated rings. The molecule has 2 aliphatic rings. The molecule has 0 atom stereocenters. The highest BCUT2D eigenvalue weighted by molar-refractivity contribution is 5.85. The fraction of sp³-hybridized carbons (Fsp3) is 0.0909. The number of aromatic hydroxyl groups is 1. The highest BCUT2D eigenvalue weighted by Gasteiger charge is 2.16. The lowest BCUT2D eigenvalue weighted by molar-refractivity contribution is 0.112. The Bertz CT molecular complexity index is 557. The average molecular weight is 203 g/mol. The summed E-state index contributed by atoms with van der Waals surface area (Å²) in [6.07, 6.45) is 2.02. The fourth-order valence-electron chi connectivity index (χ4n) is 1.62. The Morgan fingerprint density at radius 2 is 2.13 bits per heavy atom. The minimum absolute atomic E-state index is 0.119. The second-order valence-electron chi connectivity index (χ2n) is 3.31. The zero-order chi connectivity index (χ0) is 11.0. The topological polar surface area (TPSA) is 59.3 Å². The zero-order valence-corrected chi connectivity index (χ0v) is 8.10. The van der Waals surface area contributed by atoms with Crippen LogP contribution in [-0.2, 0) is 7.05 Å². The standard InChI is InChI=1S/C11H9NO3/c1-12-5-7(6-13)11(15)10-8(12)3-2-4-9(10)14/h2-6,15H,1H3. The van der Waals surface area contributed by atoms with Crippen LogP contribution in [0.15, 0.2) is 29.2 Å². The highest BCUT2D eigenvalue weighted by atomic mass is 16.3. The van der Waals surface area contributed by atoms with Gasteiger partial charge in [-0.25, -0.2) is 0 Å². The maximum Gasteiger partial charge on any atom is 0.191 e. The number of nitrogens with zero attached hydrogens (tertiary/aromatic N) is 1. The van der Waals surface area contributed by atoms with Gasteiger partial charge in [-0.15, -0.1) is 0 Å². The Labute approximate surface area is 85.7 Å². The number of hydrogen-bond donors (Lipinski definition) is 1. The predicted octanol–water partition coefficient (Wildman–Crippen LogP) is 1.01. The van der Waals surface area contributed by atoms with Crippen molar-refractivity contribution in [3.63, 3.8) is 0 Å². The summed E-state index contributed by atoms with van der Waals surface area (Å²) in [5.74, 6) is -0.247. The molecule has 4 nitrogen and oxygen atoms in total. The van der Waals surface area contributed by atoms with E-state index in [1.807, 2.05) is 0 Å². The average Bonchev–Trinajstić information content (AvgIpc) is 2.23. The van der Waals surface area contributed by atoms with E-state index >= 15 is 0 Å². The minimum atomic E-state index is -0.288. The highest BCUT2D eigenvalue weighted by Crippen LogP contribution is 2.29. The Morgan fingerprint density at radius 3 is 2.80 bits per heavy atom. The molecule has 0 spiro atoms. The van der Waals surface area contributed by atoms with Crippen molar-refractivity contribution >= 4 is 6.29 Å². The number of aryl methyl sites for hydroxylation is 1. The first kappa shape index (κ1) is 9.45. The van der Waals surface area contributed by atoms with Crippen molar-refractivity contribution < 1.29 is 9.90 Å². The summed E-state index contributed by atoms with van der Waals surface area (Å²) < 4.78 is 1.64. The second-order valence-corrected chi connectivity index (χ2v) is 3.31. The SMILES string of the molecule is Cn1cc(C=O)c(O)c2c(=O)cccc1-2. The molecule has 15 heavy (non-hydrogen) atoms. The summed E-state index contributed by atoms with van der Waals surface area (Å²) in [6.45, 7) is 0. The van der Waals surface area contributed by atoms with Crippen LogP contribution >= 0.6 is 0 Å². The molecule has 0 unspecified atom stereocenters. The van der Waals surface area contributed by atoms with Crippen molar-refractivity contribution in [3.05, 3.63) is 40.2 Å². The number of carbonyl (C=O) groups is 1. The molecule has 0 bridgehead atoms. The lowest BCUT2D eigenvalue weighted by Crippen LogP contribution is -2.10. The second kappa shape index (κ2) is 3.24. The minimum Gasteiger partial charge on any atom is -0.506 e. The summed E-state index contributed by atoms with van der Waals surface area (Å²) in [6, 6.07) is 4.69. The molecule has 1 aliphatic carbocycles. The van der Waals surface area contributed by atoms with Crippen molar-refractivity contribution in [2.24, 2.45) is 7.05 Å². The van der Waals surface area contributed by atoms with Crippen molar-refractivity contribution in [1.29, 1.82) is 0 Å². The molecule has 76 valence electrons. The van der Waals surface area contributed by atoms with Crippen LogP contribution in [0.25, 0.3) is 11.3 Å². The molecule has 0 aromatic heterocycles. The van der Waals surface area contributed by atoms with E-state index in [1.54, 1.807) is 23.7 Å². The first-order valence-electron chi connectivity index (χ1n) is 4.41. The van der Waals surface area contributed by atoms with Crippen LogP contribution in [0.4, 0.5) is 0 Å². The number of carbonyl (C=O) groups excluding carboxylic acids is 1. The first-order chi connectivity index (χ1) is 7.15. The normalized spacial score (nSPS) is 10.5. The maximum absolute atomic E-state index is 11.5. The molecular weight excluding hydrogens is 194 g/mol. The zero-order valence-electron chi connectivity index (χ0n) is 8.10. The van der Waals surface area contributed by atoms with E-state index in [4.69, 9.17) is 0 Å². The fourth-order valence-corrected chi connectivity index (χ4v) is 1.62. The van der Waals surface area contributed by atoms with Crippen molar-refractivity contribution in [2.45, 2.75) is 0 Å². The molecule has 4 heteroatoms. The Morgan fingerprint density at radius 1 is 1.40 bits per heavy atom. The molecule has 1 N–H and O–H groups in total. The lowest BCUT2D eigenvalue weighted by Gasteiger charge is -2.13. The van der Waals surface area contributed by atoms with Crippen LogP contribution < -0.4 is 5.43 Å². The number of hydrogen-bond acceptors (Lipinski definition) is 3. The molecule has 1 heterocycles. The Kier molecular flexibility index (Phi) is 2.04. The summed E-state index contributed by atoms with van der Waals surface area (Å²) in [5.41, 5.74) is 0.618. The maximum atomic E-state index is 11.5. The van der Waals surface area contributed by atoms with Crippen molar-refractivity contribution in [3.8, 4) is 17.0 Å². The van der Waals surface area contributed by atoms with E-state index < -0.39 is 0 Å². The molecule has 0 saturated carbocycles. The van der Waals surface area contributed by atoms with Gasteiger partial charge in [0.15, 0.2) is 11.7 Å². The van der Waals surface area contributed by atoms with Crippen molar-refractivity contribution in [2.75, 3.05) is 0 Å². The van der Waals surface area contributed by atoms with Gasteiger partial charge in [-0.2, -0.15) is 0 Å². The van der Waals surface area contributed by atoms with Gasteiger partial charge in [0.05, 0.1) is 16.8 Å². The monoisotopic (exact) mass is 203 g/mol. The van der Waals surface area contributed by atoms with Crippen molar-refractivity contribution in [1.82, 2.24) is 4.57 Å². The predicted molar refractivity (Wildman–Crippen MR) is 55.4 cm³/mol. The van der Waals surface area contributed by atoms with E-state index in [9.17, 15) is 14.7 Å². The number of aldehydes is 1. The number of benzene rings is 1. The third-order valence-corrected chi connectivity index (χ3v) is 2.35. The van der Waals surface area contributed by atoms with Crippen LogP contribution in [0, 0.1) is 0 Å². The van der Waals surface area contributed by atoms with E-state index in [0.717, 1.165) is 0 Å². The largest absolute Gasteiger partial charge is 0.506 e. The molecule has 0 aromatic carbocycles. The molecule has 1 aliphatic heterocycles. The third kappa shape index (κ3) is 1.30. The van der Waals surface area contributed by atoms with Gasteiger partial charge in [0, 0.05) is 13.2 Å². The molecule has 0 amide bonds. The van der Waals surface area contributed by atoms with Gasteiger partial charge in [-0.3, -0.25) is 9.59 Å². The van der Waals surface area contributed by atoms with Gasteiger partial charge in [0.25, 0.3) is 0 Å². The van der Waals surface area contributed by atoms with Gasteiger partial charge < -0.3 is 9.67 Å². The van der Waals surface area contributed by atoms with Gasteiger partial charge in [0.2, 0.25) is 0 Å². The Balaban J connectivity index is 2.99. The van der Waals surface area contributed by atoms with Gasteiger partial charge in [0.1, 0.15) is 5.75 Å². The summed E-state index contributed by atoms with van der Waals surface area (Å²) in [7, 11) is 1.72. The molecule has 2 rings (SSSR count). The first-order valence-corrected chi connectivity index (χ1v) is 4.41. The molecule has 0 radical (unpaired) electrons. The summed E-state index contributed by atoms with van der Waals surface area (Å²) in [5, 5.41) is 9.71. The van der Waals surface area contributed by atoms with Gasteiger partial charge in [-0.05, 0) is 12.1 Å². The molecule has 0 saturated heterocycles. The lowest BCUT2D eigenvalue weighted by atomic mass is 10.0. The Hall–Kier alpha value is -2.10. The van der Waals surface area contributed by atoms with Crippen LogP contribution in [0.5, 0.6) is 5.75 Å². The smallest absolute Gasteiger partial charge is 0.191 e. The van der Waals surface area contributed by atoms with E-state index in [1.165, 1.54) is 12.3 Å². The van der Waals surface area contributed by atoms with E-state index in [0.29, 0.717) is 12.0 Å². The van der Waals surface area contributed by atoms with Crippen LogP contribution in [0.3, 0.4) is 0 Å². The van der Waals surface area contributed by atoms with Crippen LogP contribution in [-0.4, -0.2) is 16.0 Å².